The Bertz CT molecular complexity index is 88.9. The Kier molecular flexibility index (Phi) is 8.26. The van der Waals surface area contributed by atoms with Gasteiger partial charge in [0.25, 0.3) is 0 Å². The first-order valence-electron chi connectivity index (χ1n) is 4.69. The minimum atomic E-state index is 0.520. The van der Waals surface area contributed by atoms with Gasteiger partial charge in [0.1, 0.15) is 0 Å². The molecule has 0 nitrogen and oxygen atoms in total. The second-order valence-corrected chi connectivity index (χ2v) is 3.46. The summed E-state index contributed by atoms with van der Waals surface area (Å²) in [4.78, 5) is 0. The molecule has 0 fully saturated rings. The first kappa shape index (κ1) is 11.1. The average molecular weight is 171 g/mol. The van der Waals surface area contributed by atoms with E-state index in [1.807, 2.05) is 0 Å². The first-order chi connectivity index (χ1) is 5.31. The molecule has 0 aliphatic rings. The van der Waals surface area contributed by atoms with Crippen LogP contribution in [0.2, 0.25) is 0 Å². The van der Waals surface area contributed by atoms with Crippen LogP contribution < -0.4 is 0 Å². The van der Waals surface area contributed by atoms with Gasteiger partial charge in [-0.3, -0.25) is 0 Å². The highest BCUT2D eigenvalue weighted by atomic mass is 32.1. The van der Waals surface area contributed by atoms with Gasteiger partial charge in [-0.2, -0.15) is 0 Å². The maximum atomic E-state index is 4.73. The number of hydrogen-bond acceptors (Lipinski definition) is 1. The zero-order valence-corrected chi connectivity index (χ0v) is 8.54. The largest absolute Gasteiger partial charge is 0.0834 e. The van der Waals surface area contributed by atoms with Gasteiger partial charge in [0.15, 0.2) is 0 Å². The topological polar surface area (TPSA) is 0 Å². The fourth-order valence-electron chi connectivity index (χ4n) is 1.11. The maximum Gasteiger partial charge on any atom is 0.0322 e. The van der Waals surface area contributed by atoms with E-state index in [0.29, 0.717) is 5.92 Å². The van der Waals surface area contributed by atoms with E-state index in [2.05, 4.69) is 19.2 Å². The van der Waals surface area contributed by atoms with Crippen LogP contribution in [0.5, 0.6) is 0 Å². The lowest BCUT2D eigenvalue weighted by Crippen LogP contribution is -1.93. The summed E-state index contributed by atoms with van der Waals surface area (Å²) >= 11 is 4.73. The van der Waals surface area contributed by atoms with Gasteiger partial charge < -0.3 is 0 Å². The summed E-state index contributed by atoms with van der Waals surface area (Å²) in [5, 5.41) is 2.84. The zero-order chi connectivity index (χ0) is 8.53. The summed E-state index contributed by atoms with van der Waals surface area (Å²) in [7, 11) is 0. The van der Waals surface area contributed by atoms with Gasteiger partial charge in [0.2, 0.25) is 0 Å². The van der Waals surface area contributed by atoms with Crippen LogP contribution in [-0.4, -0.2) is 5.37 Å². The lowest BCUT2D eigenvalue weighted by Gasteiger charge is -2.02. The lowest BCUT2D eigenvalue weighted by molar-refractivity contribution is 0.572. The number of hydrogen-bond donors (Lipinski definition) is 0. The molecule has 0 saturated heterocycles. The van der Waals surface area contributed by atoms with E-state index in [1.165, 1.54) is 38.5 Å². The van der Waals surface area contributed by atoms with E-state index in [1.54, 1.807) is 0 Å². The Morgan fingerprint density at radius 3 is 2.36 bits per heavy atom. The van der Waals surface area contributed by atoms with Crippen LogP contribution in [0.3, 0.4) is 0 Å². The Hall–Kier alpha value is 0.0900. The predicted molar refractivity (Wildman–Crippen MR) is 55.1 cm³/mol. The third-order valence-corrected chi connectivity index (χ3v) is 2.34. The molecule has 0 N–H and O–H groups in total. The fourth-order valence-corrected chi connectivity index (χ4v) is 1.23. The zero-order valence-electron chi connectivity index (χ0n) is 7.73. The molecule has 0 aromatic carbocycles. The van der Waals surface area contributed by atoms with E-state index in [0.717, 1.165) is 0 Å². The summed E-state index contributed by atoms with van der Waals surface area (Å²) in [6.07, 6.45) is 8.03. The van der Waals surface area contributed by atoms with Crippen LogP contribution in [0.15, 0.2) is 0 Å². The molecule has 0 spiro atoms. The summed E-state index contributed by atoms with van der Waals surface area (Å²) in [5.41, 5.74) is 0. The molecule has 0 saturated carbocycles. The van der Waals surface area contributed by atoms with Crippen LogP contribution in [0, 0.1) is 5.92 Å². The second-order valence-electron chi connectivity index (χ2n) is 3.22. The summed E-state index contributed by atoms with van der Waals surface area (Å²) in [6.45, 7) is 4.39. The molecule has 0 amide bonds. The van der Waals surface area contributed by atoms with Crippen LogP contribution in [0.4, 0.5) is 0 Å². The average Bonchev–Trinajstić information content (AvgIpc) is 2.04. The maximum absolute atomic E-state index is 4.73. The van der Waals surface area contributed by atoms with E-state index >= 15 is 0 Å². The van der Waals surface area contributed by atoms with Crippen molar-refractivity contribution in [3.63, 3.8) is 0 Å². The minimum absolute atomic E-state index is 0.520. The van der Waals surface area contributed by atoms with Gasteiger partial charge in [-0.05, 0) is 12.3 Å². The molecule has 11 heavy (non-hydrogen) atoms. The van der Waals surface area contributed by atoms with Crippen LogP contribution in [0.1, 0.15) is 52.4 Å². The normalized spacial score (nSPS) is 12.9. The van der Waals surface area contributed by atoms with E-state index in [4.69, 9.17) is 12.2 Å². The van der Waals surface area contributed by atoms with Gasteiger partial charge in [0, 0.05) is 5.37 Å². The molecule has 1 radical (unpaired) electrons. The molecule has 0 rings (SSSR count). The molecule has 0 aliphatic carbocycles. The molecule has 0 heterocycles. The fraction of sp³-hybridized carbons (Fsp3) is 0.900. The summed E-state index contributed by atoms with van der Waals surface area (Å²) < 4.78 is 0. The van der Waals surface area contributed by atoms with E-state index in [-0.39, 0.29) is 0 Å². The van der Waals surface area contributed by atoms with Crippen molar-refractivity contribution in [2.45, 2.75) is 52.4 Å². The van der Waals surface area contributed by atoms with Gasteiger partial charge in [-0.25, -0.2) is 0 Å². The third-order valence-electron chi connectivity index (χ3n) is 1.94. The Labute approximate surface area is 76.4 Å². The first-order valence-corrected chi connectivity index (χ1v) is 5.09. The van der Waals surface area contributed by atoms with Crippen molar-refractivity contribution in [1.82, 2.24) is 0 Å². The van der Waals surface area contributed by atoms with Gasteiger partial charge >= 0.3 is 0 Å². The number of unbranched alkanes of at least 4 members (excludes halogenated alkanes) is 4. The van der Waals surface area contributed by atoms with Gasteiger partial charge in [0.05, 0.1) is 0 Å². The molecule has 0 aliphatic heterocycles. The Balaban J connectivity index is 2.95. The lowest BCUT2D eigenvalue weighted by atomic mass is 10.0. The molecule has 1 heteroatoms. The summed E-state index contributed by atoms with van der Waals surface area (Å²) in [6, 6.07) is 0. The molecule has 65 valence electrons. The van der Waals surface area contributed by atoms with Crippen LogP contribution in [-0.2, 0) is 0 Å². The molecule has 0 aromatic rings. The van der Waals surface area contributed by atoms with Gasteiger partial charge in [-0.15, -0.1) is 0 Å². The highest BCUT2D eigenvalue weighted by Crippen LogP contribution is 2.09. The number of thiocarbonyl (C=S) groups is 1. The van der Waals surface area contributed by atoms with Crippen molar-refractivity contribution in [1.29, 1.82) is 0 Å². The molecule has 0 bridgehead atoms. The molecule has 1 atom stereocenters. The minimum Gasteiger partial charge on any atom is -0.0834 e. The van der Waals surface area contributed by atoms with Crippen molar-refractivity contribution >= 4 is 17.6 Å². The monoisotopic (exact) mass is 171 g/mol. The van der Waals surface area contributed by atoms with Crippen molar-refractivity contribution in [2.75, 3.05) is 0 Å². The standard InChI is InChI=1S/C10H19S/c1-3-4-5-6-7-8-10(2)9-11/h10H,3-8H2,1-2H3. The van der Waals surface area contributed by atoms with Gasteiger partial charge in [-0.1, -0.05) is 58.2 Å². The van der Waals surface area contributed by atoms with Crippen LogP contribution >= 0.6 is 12.2 Å². The molecule has 1 unspecified atom stereocenters. The Morgan fingerprint density at radius 2 is 1.82 bits per heavy atom. The number of rotatable bonds is 7. The van der Waals surface area contributed by atoms with E-state index in [9.17, 15) is 0 Å². The van der Waals surface area contributed by atoms with Crippen molar-refractivity contribution in [3.05, 3.63) is 0 Å². The highest BCUT2D eigenvalue weighted by Gasteiger charge is 1.96. The van der Waals surface area contributed by atoms with Crippen molar-refractivity contribution < 1.29 is 0 Å². The molecule has 0 aromatic heterocycles. The van der Waals surface area contributed by atoms with Crippen molar-refractivity contribution in [2.24, 2.45) is 5.92 Å². The highest BCUT2D eigenvalue weighted by molar-refractivity contribution is 7.79. The smallest absolute Gasteiger partial charge is 0.0322 e. The molecular weight excluding hydrogens is 152 g/mol. The third kappa shape index (κ3) is 7.99. The SMILES string of the molecule is CCCCCCCC(C)[C]=S. The van der Waals surface area contributed by atoms with E-state index < -0.39 is 0 Å². The Morgan fingerprint density at radius 1 is 1.18 bits per heavy atom. The van der Waals surface area contributed by atoms with Crippen LogP contribution in [0.25, 0.3) is 0 Å². The second kappa shape index (κ2) is 8.19. The summed E-state index contributed by atoms with van der Waals surface area (Å²) in [5.74, 6) is 0.520. The quantitative estimate of drug-likeness (QED) is 0.414. The van der Waals surface area contributed by atoms with Crippen molar-refractivity contribution in [3.8, 4) is 0 Å². The molecular formula is C10H19S. The predicted octanol–water partition coefficient (Wildman–Crippen LogP) is 3.86.